The Labute approximate surface area is 104 Å². The van der Waals surface area contributed by atoms with Gasteiger partial charge in [-0.25, -0.2) is 0 Å². The van der Waals surface area contributed by atoms with E-state index in [-0.39, 0.29) is 0 Å². The minimum absolute atomic E-state index is 0.386. The lowest BCUT2D eigenvalue weighted by Gasteiger charge is -2.07. The van der Waals surface area contributed by atoms with Gasteiger partial charge in [-0.15, -0.1) is 0 Å². The zero-order chi connectivity index (χ0) is 12.7. The van der Waals surface area contributed by atoms with Gasteiger partial charge in [-0.2, -0.15) is 5.10 Å². The molecule has 0 aromatic carbocycles. The van der Waals surface area contributed by atoms with E-state index in [1.807, 2.05) is 10.9 Å². The Hall–Kier alpha value is -1.03. The Balaban J connectivity index is 2.09. The van der Waals surface area contributed by atoms with Crippen LogP contribution in [-0.4, -0.2) is 29.5 Å². The second-order valence-corrected chi connectivity index (χ2v) is 5.03. The summed E-state index contributed by atoms with van der Waals surface area (Å²) in [7, 11) is 0. The molecule has 0 saturated carbocycles. The zero-order valence-electron chi connectivity index (χ0n) is 11.4. The fourth-order valence-corrected chi connectivity index (χ4v) is 1.43. The van der Waals surface area contributed by atoms with Crippen molar-refractivity contribution in [1.29, 1.82) is 0 Å². The Kier molecular flexibility index (Phi) is 6.05. The van der Waals surface area contributed by atoms with Gasteiger partial charge in [-0.1, -0.05) is 13.8 Å². The molecule has 0 aliphatic heterocycles. The molecule has 0 atom stereocenters. The highest BCUT2D eigenvalue weighted by Gasteiger charge is 2.01. The molecule has 0 radical (unpaired) electrons. The molecule has 0 fully saturated rings. The van der Waals surface area contributed by atoms with Crippen LogP contribution in [0.15, 0.2) is 12.4 Å². The molecule has 1 aromatic heterocycles. The number of rotatable bonds is 8. The van der Waals surface area contributed by atoms with Crippen LogP contribution in [0.3, 0.4) is 0 Å². The molecule has 98 valence electrons. The van der Waals surface area contributed by atoms with Crippen LogP contribution >= 0.6 is 0 Å². The summed E-state index contributed by atoms with van der Waals surface area (Å²) in [5.41, 5.74) is 0. The van der Waals surface area contributed by atoms with Crippen molar-refractivity contribution in [3.05, 3.63) is 12.4 Å². The molecule has 17 heavy (non-hydrogen) atoms. The second kappa shape index (κ2) is 7.33. The molecule has 0 amide bonds. The van der Waals surface area contributed by atoms with Crippen LogP contribution < -0.4 is 10.1 Å². The van der Waals surface area contributed by atoms with Crippen molar-refractivity contribution in [2.24, 2.45) is 5.92 Å². The fraction of sp³-hybridized carbons (Fsp3) is 0.769. The number of hydrogen-bond donors (Lipinski definition) is 1. The highest BCUT2D eigenvalue weighted by molar-refractivity contribution is 5.11. The lowest BCUT2D eigenvalue weighted by molar-refractivity contribution is 0.311. The second-order valence-electron chi connectivity index (χ2n) is 5.03. The van der Waals surface area contributed by atoms with Gasteiger partial charge in [0.05, 0.1) is 12.4 Å². The van der Waals surface area contributed by atoms with Crippen LogP contribution in [0, 0.1) is 5.92 Å². The molecule has 0 bridgehead atoms. The van der Waals surface area contributed by atoms with Crippen LogP contribution in [0.5, 0.6) is 5.75 Å². The molecule has 4 heteroatoms. The minimum atomic E-state index is 0.386. The van der Waals surface area contributed by atoms with Gasteiger partial charge in [-0.3, -0.25) is 4.68 Å². The van der Waals surface area contributed by atoms with Crippen molar-refractivity contribution in [2.45, 2.75) is 40.2 Å². The Morgan fingerprint density at radius 2 is 2.06 bits per heavy atom. The van der Waals surface area contributed by atoms with Crippen LogP contribution in [0.2, 0.25) is 0 Å². The van der Waals surface area contributed by atoms with E-state index >= 15 is 0 Å². The van der Waals surface area contributed by atoms with Crippen LogP contribution in [0.4, 0.5) is 0 Å². The van der Waals surface area contributed by atoms with Crippen molar-refractivity contribution in [3.8, 4) is 5.75 Å². The van der Waals surface area contributed by atoms with Crippen molar-refractivity contribution in [2.75, 3.05) is 19.7 Å². The van der Waals surface area contributed by atoms with Gasteiger partial charge in [0.25, 0.3) is 0 Å². The molecule has 1 N–H and O–H groups in total. The first-order valence-electron chi connectivity index (χ1n) is 6.47. The molecule has 4 nitrogen and oxygen atoms in total. The number of nitrogens with one attached hydrogen (secondary N) is 1. The maximum absolute atomic E-state index is 5.60. The Bertz CT molecular complexity index is 307. The Morgan fingerprint density at radius 3 is 2.65 bits per heavy atom. The summed E-state index contributed by atoms with van der Waals surface area (Å²) < 4.78 is 7.50. The van der Waals surface area contributed by atoms with Crippen LogP contribution in [0.25, 0.3) is 0 Å². The van der Waals surface area contributed by atoms with Crippen molar-refractivity contribution in [3.63, 3.8) is 0 Å². The monoisotopic (exact) mass is 239 g/mol. The van der Waals surface area contributed by atoms with E-state index in [1.165, 1.54) is 6.42 Å². The van der Waals surface area contributed by atoms with Crippen LogP contribution in [-0.2, 0) is 0 Å². The first-order chi connectivity index (χ1) is 8.09. The largest absolute Gasteiger partial charge is 0.489 e. The smallest absolute Gasteiger partial charge is 0.157 e. The average Bonchev–Trinajstić information content (AvgIpc) is 2.71. The third-order valence-electron chi connectivity index (χ3n) is 2.55. The summed E-state index contributed by atoms with van der Waals surface area (Å²) in [6, 6.07) is 0.386. The molecule has 1 rings (SSSR count). The Morgan fingerprint density at radius 1 is 1.29 bits per heavy atom. The van der Waals surface area contributed by atoms with E-state index in [0.717, 1.165) is 24.8 Å². The van der Waals surface area contributed by atoms with Gasteiger partial charge in [0.2, 0.25) is 0 Å². The van der Waals surface area contributed by atoms with E-state index in [2.05, 4.69) is 38.1 Å². The van der Waals surface area contributed by atoms with E-state index in [9.17, 15) is 0 Å². The van der Waals surface area contributed by atoms with Gasteiger partial charge < -0.3 is 10.1 Å². The number of ether oxygens (including phenoxy) is 1. The lowest BCUT2D eigenvalue weighted by atomic mass is 10.1. The SMILES string of the molecule is CC(C)CCNCCOc1cnn(C(C)C)c1. The van der Waals surface area contributed by atoms with Crippen molar-refractivity contribution < 1.29 is 4.74 Å². The minimum Gasteiger partial charge on any atom is -0.489 e. The van der Waals surface area contributed by atoms with Gasteiger partial charge in [0, 0.05) is 12.6 Å². The molecule has 0 unspecified atom stereocenters. The normalized spacial score (nSPS) is 11.4. The third kappa shape index (κ3) is 5.73. The van der Waals surface area contributed by atoms with E-state index < -0.39 is 0 Å². The summed E-state index contributed by atoms with van der Waals surface area (Å²) in [6.07, 6.45) is 4.93. The lowest BCUT2D eigenvalue weighted by Crippen LogP contribution is -2.22. The van der Waals surface area contributed by atoms with Crippen molar-refractivity contribution in [1.82, 2.24) is 15.1 Å². The quantitative estimate of drug-likeness (QED) is 0.708. The molecular formula is C13H25N3O. The van der Waals surface area contributed by atoms with Gasteiger partial charge >= 0.3 is 0 Å². The predicted molar refractivity (Wildman–Crippen MR) is 70.4 cm³/mol. The van der Waals surface area contributed by atoms with Gasteiger partial charge in [0.15, 0.2) is 5.75 Å². The molecular weight excluding hydrogens is 214 g/mol. The summed E-state index contributed by atoms with van der Waals surface area (Å²) in [6.45, 7) is 11.3. The van der Waals surface area contributed by atoms with Crippen LogP contribution in [0.1, 0.15) is 40.2 Å². The fourth-order valence-electron chi connectivity index (χ4n) is 1.43. The summed E-state index contributed by atoms with van der Waals surface area (Å²) in [4.78, 5) is 0. The van der Waals surface area contributed by atoms with Gasteiger partial charge in [0.1, 0.15) is 6.61 Å². The first kappa shape index (κ1) is 14.0. The first-order valence-corrected chi connectivity index (χ1v) is 6.47. The maximum Gasteiger partial charge on any atom is 0.157 e. The van der Waals surface area contributed by atoms with E-state index in [4.69, 9.17) is 4.74 Å². The number of hydrogen-bond acceptors (Lipinski definition) is 3. The highest BCUT2D eigenvalue weighted by atomic mass is 16.5. The molecule has 1 aromatic rings. The zero-order valence-corrected chi connectivity index (χ0v) is 11.4. The average molecular weight is 239 g/mol. The summed E-state index contributed by atoms with van der Waals surface area (Å²) in [5.74, 6) is 1.61. The molecule has 0 saturated heterocycles. The molecule has 0 aliphatic rings. The summed E-state index contributed by atoms with van der Waals surface area (Å²) in [5, 5.41) is 7.59. The molecule has 0 spiro atoms. The third-order valence-corrected chi connectivity index (χ3v) is 2.55. The van der Waals surface area contributed by atoms with Gasteiger partial charge in [-0.05, 0) is 32.7 Å². The topological polar surface area (TPSA) is 39.1 Å². The highest BCUT2D eigenvalue weighted by Crippen LogP contribution is 2.11. The predicted octanol–water partition coefficient (Wildman–Crippen LogP) is 2.48. The number of aromatic nitrogens is 2. The summed E-state index contributed by atoms with van der Waals surface area (Å²) >= 11 is 0. The van der Waals surface area contributed by atoms with E-state index in [0.29, 0.717) is 12.6 Å². The van der Waals surface area contributed by atoms with E-state index in [1.54, 1.807) is 6.20 Å². The number of nitrogens with zero attached hydrogens (tertiary/aromatic N) is 2. The molecule has 0 aliphatic carbocycles. The molecule has 1 heterocycles. The standard InChI is InChI=1S/C13H25N3O/c1-11(2)5-6-14-7-8-17-13-9-15-16(10-13)12(3)4/h9-12,14H,5-8H2,1-4H3. The maximum atomic E-state index is 5.60. The van der Waals surface area contributed by atoms with Crippen molar-refractivity contribution >= 4 is 0 Å².